The van der Waals surface area contributed by atoms with E-state index in [4.69, 9.17) is 0 Å². The van der Waals surface area contributed by atoms with E-state index in [-0.39, 0.29) is 18.2 Å². The molecule has 0 aliphatic carbocycles. The molecule has 2 rings (SSSR count). The van der Waals surface area contributed by atoms with Gasteiger partial charge >= 0.3 is 0 Å². The summed E-state index contributed by atoms with van der Waals surface area (Å²) in [5.74, 6) is -0.126. The van der Waals surface area contributed by atoms with Crippen molar-refractivity contribution in [3.63, 3.8) is 0 Å². The molecule has 8 heteroatoms. The van der Waals surface area contributed by atoms with Gasteiger partial charge in [0.25, 0.3) is 5.91 Å². The highest BCUT2D eigenvalue weighted by atomic mass is 32.2. The number of nitrogens with zero attached hydrogens (tertiary/aromatic N) is 3. The van der Waals surface area contributed by atoms with Gasteiger partial charge in [-0.05, 0) is 18.7 Å². The first-order valence-corrected chi connectivity index (χ1v) is 7.49. The Morgan fingerprint density at radius 3 is 2.84 bits per heavy atom. The van der Waals surface area contributed by atoms with Gasteiger partial charge < -0.3 is 5.11 Å². The third-order valence-corrected chi connectivity index (χ3v) is 4.78. The number of ketones is 1. The number of aliphatic hydroxyl groups excluding tert-OH is 1. The smallest absolute Gasteiger partial charge is 0.268 e. The van der Waals surface area contributed by atoms with Crippen molar-refractivity contribution in [1.82, 2.24) is 4.90 Å². The number of carbonyl (C=O) groups excluding carboxylic acids is 2. The quantitative estimate of drug-likeness (QED) is 0.612. The largest absolute Gasteiger partial charge is 0.373 e. The lowest BCUT2D eigenvalue weighted by Crippen LogP contribution is -2.32. The number of aliphatic hydroxyl groups is 1. The van der Waals surface area contributed by atoms with E-state index in [9.17, 15) is 14.7 Å². The molecular formula is C11H13N3O3S2. The topological polar surface area (TPSA) is 82.3 Å². The highest BCUT2D eigenvalue weighted by Crippen LogP contribution is 2.27. The third-order valence-electron chi connectivity index (χ3n) is 2.69. The number of amides is 1. The number of Topliss-reactive ketones (excluding diaryl/α,β-unsaturated/α-hetero) is 1. The van der Waals surface area contributed by atoms with Crippen LogP contribution in [0.3, 0.4) is 0 Å². The third kappa shape index (κ3) is 2.90. The molecule has 0 saturated carbocycles. The summed E-state index contributed by atoms with van der Waals surface area (Å²) in [6.07, 6.45) is 1.55. The fraction of sp³-hybridized carbons (Fsp3) is 0.455. The van der Waals surface area contributed by atoms with Gasteiger partial charge in [0.2, 0.25) is 0 Å². The first-order chi connectivity index (χ1) is 9.04. The van der Waals surface area contributed by atoms with Crippen LogP contribution < -0.4 is 0 Å². The first kappa shape index (κ1) is 14.3. The molecule has 2 saturated heterocycles. The summed E-state index contributed by atoms with van der Waals surface area (Å²) < 4.78 is 0. The van der Waals surface area contributed by atoms with Crippen molar-refractivity contribution >= 4 is 45.4 Å². The Labute approximate surface area is 119 Å². The van der Waals surface area contributed by atoms with E-state index in [2.05, 4.69) is 16.8 Å². The zero-order valence-corrected chi connectivity index (χ0v) is 11.9. The van der Waals surface area contributed by atoms with Crippen molar-refractivity contribution in [2.24, 2.45) is 16.1 Å². The van der Waals surface area contributed by atoms with Crippen LogP contribution in [-0.2, 0) is 9.59 Å². The molecule has 2 fully saturated rings. The summed E-state index contributed by atoms with van der Waals surface area (Å²) in [7, 11) is 0. The molecule has 2 unspecified atom stereocenters. The summed E-state index contributed by atoms with van der Waals surface area (Å²) in [4.78, 5) is 24.3. The molecular weight excluding hydrogens is 286 g/mol. The van der Waals surface area contributed by atoms with Crippen molar-refractivity contribution in [3.8, 4) is 0 Å². The Morgan fingerprint density at radius 1 is 1.53 bits per heavy atom. The fourth-order valence-corrected chi connectivity index (χ4v) is 3.38. The Balaban J connectivity index is 2.18. The van der Waals surface area contributed by atoms with Crippen LogP contribution in [0.4, 0.5) is 0 Å². The van der Waals surface area contributed by atoms with E-state index >= 15 is 0 Å². The average molecular weight is 299 g/mol. The lowest BCUT2D eigenvalue weighted by atomic mass is 10.1. The first-order valence-electron chi connectivity index (χ1n) is 5.62. The lowest BCUT2D eigenvalue weighted by molar-refractivity contribution is -0.130. The van der Waals surface area contributed by atoms with Crippen molar-refractivity contribution in [3.05, 3.63) is 12.7 Å². The average Bonchev–Trinajstić information content (AvgIpc) is 2.84. The van der Waals surface area contributed by atoms with Crippen LogP contribution in [0.25, 0.3) is 0 Å². The van der Waals surface area contributed by atoms with E-state index in [1.807, 2.05) is 0 Å². The number of thioether (sulfide) groups is 2. The maximum atomic E-state index is 11.6. The zero-order chi connectivity index (χ0) is 14.0. The second-order valence-electron chi connectivity index (χ2n) is 4.01. The van der Waals surface area contributed by atoms with Crippen molar-refractivity contribution in [2.45, 2.75) is 12.4 Å². The predicted octanol–water partition coefficient (Wildman–Crippen LogP) is 0.688. The van der Waals surface area contributed by atoms with Crippen LogP contribution in [0.1, 0.15) is 6.92 Å². The van der Waals surface area contributed by atoms with Gasteiger partial charge in [-0.1, -0.05) is 6.08 Å². The van der Waals surface area contributed by atoms with Crippen LogP contribution in [0.15, 0.2) is 22.9 Å². The molecule has 0 aromatic carbocycles. The van der Waals surface area contributed by atoms with Crippen LogP contribution in [0.2, 0.25) is 0 Å². The van der Waals surface area contributed by atoms with Crippen molar-refractivity contribution < 1.29 is 14.7 Å². The fourth-order valence-electron chi connectivity index (χ4n) is 1.56. The van der Waals surface area contributed by atoms with E-state index in [1.165, 1.54) is 16.7 Å². The molecule has 0 bridgehead atoms. The van der Waals surface area contributed by atoms with Crippen LogP contribution in [0.5, 0.6) is 0 Å². The number of carbonyl (C=O) groups is 2. The predicted molar refractivity (Wildman–Crippen MR) is 77.0 cm³/mol. The molecule has 2 heterocycles. The van der Waals surface area contributed by atoms with Crippen LogP contribution in [0, 0.1) is 5.92 Å². The van der Waals surface area contributed by atoms with Gasteiger partial charge in [0, 0.05) is 6.54 Å². The van der Waals surface area contributed by atoms with Gasteiger partial charge in [-0.2, -0.15) is 0 Å². The van der Waals surface area contributed by atoms with E-state index in [0.717, 1.165) is 11.8 Å². The number of rotatable bonds is 3. The normalized spacial score (nSPS) is 31.8. The number of hydrogen-bond acceptors (Lipinski definition) is 7. The van der Waals surface area contributed by atoms with Crippen LogP contribution in [-0.4, -0.2) is 49.6 Å². The lowest BCUT2D eigenvalue weighted by Gasteiger charge is -2.11. The highest BCUT2D eigenvalue weighted by molar-refractivity contribution is 8.15. The van der Waals surface area contributed by atoms with E-state index < -0.39 is 11.3 Å². The van der Waals surface area contributed by atoms with Gasteiger partial charge in [-0.15, -0.1) is 28.5 Å². The summed E-state index contributed by atoms with van der Waals surface area (Å²) >= 11 is 2.30. The molecule has 0 aromatic heterocycles. The molecule has 2 atom stereocenters. The maximum Gasteiger partial charge on any atom is 0.268 e. The molecule has 1 amide bonds. The van der Waals surface area contributed by atoms with Gasteiger partial charge in [-0.25, -0.2) is 0 Å². The minimum Gasteiger partial charge on any atom is -0.373 e. The molecule has 0 radical (unpaired) electrons. The SMILES string of the molecule is C=CCN1C(=O)C(O)S/C1=N\N=C1/SCC(=O)C1C. The Hall–Kier alpha value is -1.12. The van der Waals surface area contributed by atoms with E-state index in [1.54, 1.807) is 13.0 Å². The zero-order valence-electron chi connectivity index (χ0n) is 10.3. The Bertz CT molecular complexity index is 490. The minimum atomic E-state index is -1.14. The Kier molecular flexibility index (Phi) is 4.43. The number of hydrogen-bond donors (Lipinski definition) is 1. The highest BCUT2D eigenvalue weighted by Gasteiger charge is 2.36. The second-order valence-corrected chi connectivity index (χ2v) is 6.05. The molecule has 102 valence electrons. The van der Waals surface area contributed by atoms with Gasteiger partial charge in [0.05, 0.1) is 11.7 Å². The van der Waals surface area contributed by atoms with E-state index in [0.29, 0.717) is 16.0 Å². The molecule has 0 aromatic rings. The molecule has 6 nitrogen and oxygen atoms in total. The number of amidine groups is 1. The summed E-state index contributed by atoms with van der Waals surface area (Å²) in [5, 5.41) is 18.5. The molecule has 1 N–H and O–H groups in total. The summed E-state index contributed by atoms with van der Waals surface area (Å²) in [6.45, 7) is 5.61. The Morgan fingerprint density at radius 2 is 2.26 bits per heavy atom. The maximum absolute atomic E-state index is 11.6. The van der Waals surface area contributed by atoms with Gasteiger partial charge in [-0.3, -0.25) is 14.5 Å². The molecule has 0 spiro atoms. The second kappa shape index (κ2) is 5.89. The monoisotopic (exact) mass is 299 g/mol. The van der Waals surface area contributed by atoms with Crippen molar-refractivity contribution in [1.29, 1.82) is 0 Å². The van der Waals surface area contributed by atoms with Crippen molar-refractivity contribution in [2.75, 3.05) is 12.3 Å². The molecule has 19 heavy (non-hydrogen) atoms. The standard InChI is InChI=1S/C11H13N3O3S2/c1-3-4-14-9(16)10(17)19-11(14)13-12-8-6(2)7(15)5-18-8/h3,6,10,17H,1,4-5H2,2H3/b12-8-,13-11-. The van der Waals surface area contributed by atoms with Gasteiger partial charge in [0.1, 0.15) is 5.04 Å². The molecule has 2 aliphatic rings. The summed E-state index contributed by atoms with van der Waals surface area (Å²) in [6, 6.07) is 0. The minimum absolute atomic E-state index is 0.127. The van der Waals surface area contributed by atoms with Gasteiger partial charge in [0.15, 0.2) is 16.4 Å². The molecule has 2 aliphatic heterocycles. The summed E-state index contributed by atoms with van der Waals surface area (Å²) in [5.41, 5.74) is -1.14. The van der Waals surface area contributed by atoms with Crippen LogP contribution >= 0.6 is 23.5 Å².